The zero-order valence-corrected chi connectivity index (χ0v) is 34.3. The monoisotopic (exact) mass is 1020 g/mol. The molecule has 0 saturated carbocycles. The molecule has 0 aliphatic rings. The van der Waals surface area contributed by atoms with Crippen molar-refractivity contribution < 1.29 is 102 Å². The maximum atomic E-state index is 15.4. The molecule has 1 aromatic heterocycles. The van der Waals surface area contributed by atoms with Gasteiger partial charge in [-0.2, -0.15) is 4.57 Å². The van der Waals surface area contributed by atoms with E-state index in [4.69, 9.17) is 4.74 Å². The van der Waals surface area contributed by atoms with Gasteiger partial charge in [-0.15, -0.1) is 21.9 Å². The molecule has 0 aliphatic heterocycles. The summed E-state index contributed by atoms with van der Waals surface area (Å²) in [4.78, 5) is 12.8. The second kappa shape index (κ2) is 19.5. The van der Waals surface area contributed by atoms with Crippen LogP contribution in [-0.2, 0) is 6.54 Å². The molecule has 0 atom stereocenters. The normalized spacial score (nSPS) is 11.5. The van der Waals surface area contributed by atoms with Crippen molar-refractivity contribution in [3.63, 3.8) is 0 Å². The SMILES string of the molecule is Fc1c(F)c(F)c([B-](c2c(F)c(F)c(F)c(F)c2F)(c2c(F)c(F)c(F)c(F)c2F)c2c(F)c(F)c(F)c(F)c2F)c(F)c1F.O=C(Oc1ccccc1)c1ccc2ccccc2[n+]1Cc1ccccc1. The van der Waals surface area contributed by atoms with E-state index in [0.29, 0.717) is 18.0 Å². The lowest BCUT2D eigenvalue weighted by Crippen LogP contribution is -2.81. The molecule has 0 aliphatic carbocycles. The summed E-state index contributed by atoms with van der Waals surface area (Å²) in [7, 11) is 0. The summed E-state index contributed by atoms with van der Waals surface area (Å²) >= 11 is 0. The number of aromatic nitrogens is 1. The van der Waals surface area contributed by atoms with Gasteiger partial charge in [-0.25, -0.2) is 92.6 Å². The van der Waals surface area contributed by atoms with Gasteiger partial charge in [0.15, 0.2) is 76.4 Å². The predicted octanol–water partition coefficient (Wildman–Crippen LogP) is 10.2. The van der Waals surface area contributed by atoms with Gasteiger partial charge in [-0.3, -0.25) is 0 Å². The summed E-state index contributed by atoms with van der Waals surface area (Å²) in [6.07, 6.45) is -7.22. The molecular weight excluding hydrogens is 1000 g/mol. The Bertz CT molecular complexity index is 3070. The average molecular weight is 1020 g/mol. The van der Waals surface area contributed by atoms with E-state index in [1.165, 1.54) is 0 Å². The number of carbonyl (C=O) groups is 1. The van der Waals surface area contributed by atoms with E-state index in [1.807, 2.05) is 77.4 Å². The predicted molar refractivity (Wildman–Crippen MR) is 210 cm³/mol. The zero-order chi connectivity index (χ0) is 52.1. The number of benzene rings is 7. The lowest BCUT2D eigenvalue weighted by Gasteiger charge is -2.44. The van der Waals surface area contributed by atoms with Gasteiger partial charge in [-0.1, -0.05) is 60.7 Å². The van der Waals surface area contributed by atoms with Crippen molar-refractivity contribution in [1.29, 1.82) is 0 Å². The number of pyridine rings is 1. The quantitative estimate of drug-likeness (QED) is 0.0289. The number of carbonyl (C=O) groups excluding carboxylic acids is 1. The Kier molecular flexibility index (Phi) is 14.0. The fraction of sp³-hybridized carbons (Fsp3) is 0.0213. The number of rotatable bonds is 8. The Morgan fingerprint density at radius 1 is 0.352 bits per heavy atom. The summed E-state index contributed by atoms with van der Waals surface area (Å²) in [5, 5.41) is 1.08. The third kappa shape index (κ3) is 8.32. The van der Waals surface area contributed by atoms with E-state index in [0.717, 1.165) is 16.5 Å². The van der Waals surface area contributed by atoms with Crippen LogP contribution in [0.3, 0.4) is 0 Å². The zero-order valence-electron chi connectivity index (χ0n) is 34.3. The van der Waals surface area contributed by atoms with Crippen LogP contribution >= 0.6 is 0 Å². The fourth-order valence-corrected chi connectivity index (χ4v) is 7.90. The molecule has 24 heteroatoms. The number of esters is 1. The highest BCUT2D eigenvalue weighted by molar-refractivity contribution is 7.20. The van der Waals surface area contributed by atoms with Crippen LogP contribution in [0.2, 0.25) is 0 Å². The highest BCUT2D eigenvalue weighted by Crippen LogP contribution is 2.31. The van der Waals surface area contributed by atoms with E-state index < -0.39 is 144 Å². The van der Waals surface area contributed by atoms with Gasteiger partial charge in [0.05, 0.1) is 0 Å². The second-order valence-corrected chi connectivity index (χ2v) is 14.9. The first kappa shape index (κ1) is 50.9. The summed E-state index contributed by atoms with van der Waals surface area (Å²) in [5.74, 6) is -71.2. The Balaban J connectivity index is 0.000000240. The molecule has 7 aromatic carbocycles. The van der Waals surface area contributed by atoms with Gasteiger partial charge in [0, 0.05) is 23.1 Å². The minimum atomic E-state index is -7.22. The highest BCUT2D eigenvalue weighted by Gasteiger charge is 2.52. The minimum absolute atomic E-state index is 0.363. The van der Waals surface area contributed by atoms with Gasteiger partial charge >= 0.3 is 5.97 Å². The molecule has 8 rings (SSSR count). The van der Waals surface area contributed by atoms with E-state index in [-0.39, 0.29) is 5.97 Å². The first-order valence-electron chi connectivity index (χ1n) is 19.5. The summed E-state index contributed by atoms with van der Waals surface area (Å²) in [6.45, 7) is 0.599. The molecule has 71 heavy (non-hydrogen) atoms. The molecule has 0 N–H and O–H groups in total. The van der Waals surface area contributed by atoms with Crippen molar-refractivity contribution in [1.82, 2.24) is 0 Å². The second-order valence-electron chi connectivity index (χ2n) is 14.9. The summed E-state index contributed by atoms with van der Waals surface area (Å²) in [5.41, 5.74) is -11.7. The van der Waals surface area contributed by atoms with Gasteiger partial charge < -0.3 is 4.74 Å². The third-order valence-electron chi connectivity index (χ3n) is 11.0. The molecule has 366 valence electrons. The van der Waals surface area contributed by atoms with Crippen LogP contribution in [0.15, 0.2) is 97.1 Å². The van der Waals surface area contributed by atoms with Gasteiger partial charge in [-0.05, 0) is 24.3 Å². The molecule has 0 bridgehead atoms. The Morgan fingerprint density at radius 2 is 0.648 bits per heavy atom. The molecule has 0 unspecified atom stereocenters. The molecule has 0 radical (unpaired) electrons. The Morgan fingerprint density at radius 3 is 1.00 bits per heavy atom. The topological polar surface area (TPSA) is 30.2 Å². The van der Waals surface area contributed by atoms with Crippen LogP contribution in [0, 0.1) is 116 Å². The van der Waals surface area contributed by atoms with Crippen LogP contribution in [-0.4, -0.2) is 12.1 Å². The molecule has 3 nitrogen and oxygen atoms in total. The van der Waals surface area contributed by atoms with E-state index in [1.54, 1.807) is 12.1 Å². The van der Waals surface area contributed by atoms with Crippen LogP contribution in [0.5, 0.6) is 5.75 Å². The number of para-hydroxylation sites is 2. The fourth-order valence-electron chi connectivity index (χ4n) is 7.90. The number of ether oxygens (including phenoxy) is 1. The van der Waals surface area contributed by atoms with Crippen molar-refractivity contribution in [3.05, 3.63) is 225 Å². The standard InChI is InChI=1S/C24BF20.C23H18NO2/c26-5-1(6(27)14(35)21(42)13(5)34)25(2-7(28)15(36)22(43)16(37)8(2)29,3-9(30)17(38)23(44)18(39)10(3)31)4-11(32)19(40)24(45)20(41)12(4)33;25-23(26-20-12-5-2-6-13-20)22-16-15-19-11-7-8-14-21(19)24(22)17-18-9-3-1-4-10-18/h;1-16H,17H2/q-1;+1. The summed E-state index contributed by atoms with van der Waals surface area (Å²) in [6, 6.07) is 31.1. The minimum Gasteiger partial charge on any atom is -0.419 e. The molecule has 1 heterocycles. The molecule has 8 aromatic rings. The number of hydrogen-bond acceptors (Lipinski definition) is 2. The van der Waals surface area contributed by atoms with Gasteiger partial charge in [0.1, 0.15) is 58.4 Å². The molecule has 0 amide bonds. The van der Waals surface area contributed by atoms with Crippen LogP contribution in [0.1, 0.15) is 16.1 Å². The number of nitrogens with zero attached hydrogens (tertiary/aromatic N) is 1. The van der Waals surface area contributed by atoms with Crippen LogP contribution < -0.4 is 31.2 Å². The molecule has 0 fully saturated rings. The van der Waals surface area contributed by atoms with E-state index in [2.05, 4.69) is 12.1 Å². The third-order valence-corrected chi connectivity index (χ3v) is 11.0. The number of fused-ring (bicyclic) bond motifs is 1. The van der Waals surface area contributed by atoms with Gasteiger partial charge in [0.2, 0.25) is 5.52 Å². The van der Waals surface area contributed by atoms with Crippen molar-refractivity contribution >= 4 is 44.9 Å². The van der Waals surface area contributed by atoms with Crippen molar-refractivity contribution in [2.24, 2.45) is 0 Å². The highest BCUT2D eigenvalue weighted by atomic mass is 19.2. The molecule has 0 spiro atoms. The van der Waals surface area contributed by atoms with Gasteiger partial charge in [0.25, 0.3) is 5.69 Å². The maximum Gasteiger partial charge on any atom is 0.409 e. The number of halogens is 20. The first-order chi connectivity index (χ1) is 33.5. The van der Waals surface area contributed by atoms with E-state index >= 15 is 35.1 Å². The largest absolute Gasteiger partial charge is 0.419 e. The molecular formula is C47H18BF20NO2. The van der Waals surface area contributed by atoms with Crippen molar-refractivity contribution in [2.75, 3.05) is 0 Å². The smallest absolute Gasteiger partial charge is 0.409 e. The van der Waals surface area contributed by atoms with E-state index in [9.17, 15) is 57.5 Å². The lowest BCUT2D eigenvalue weighted by atomic mass is 9.12. The Hall–Kier alpha value is -7.92. The van der Waals surface area contributed by atoms with Crippen LogP contribution in [0.25, 0.3) is 10.9 Å². The van der Waals surface area contributed by atoms with Crippen molar-refractivity contribution in [2.45, 2.75) is 6.54 Å². The Labute approximate surface area is 383 Å². The number of hydrogen-bond donors (Lipinski definition) is 0. The molecule has 0 saturated heterocycles. The summed E-state index contributed by atoms with van der Waals surface area (Å²) < 4.78 is 302. The van der Waals surface area contributed by atoms with Crippen molar-refractivity contribution in [3.8, 4) is 5.75 Å². The van der Waals surface area contributed by atoms with Crippen LogP contribution in [0.4, 0.5) is 87.8 Å². The first-order valence-corrected chi connectivity index (χ1v) is 19.5. The maximum absolute atomic E-state index is 15.4. The average Bonchev–Trinajstić information content (AvgIpc) is 3.37. The lowest BCUT2D eigenvalue weighted by molar-refractivity contribution is -0.664.